The minimum atomic E-state index is -0.525. The smallest absolute Gasteiger partial charge is 0.399 e. The van der Waals surface area contributed by atoms with E-state index in [0.717, 1.165) is 0 Å². The Balaban J connectivity index is 2.34. The van der Waals surface area contributed by atoms with Crippen LogP contribution in [0.5, 0.6) is 0 Å². The molecule has 5 nitrogen and oxygen atoms in total. The molecule has 2 rings (SSSR count). The molecule has 98 valence electrons. The van der Waals surface area contributed by atoms with Crippen LogP contribution in [-0.4, -0.2) is 28.4 Å². The summed E-state index contributed by atoms with van der Waals surface area (Å²) in [5.41, 5.74) is 6.85. The van der Waals surface area contributed by atoms with E-state index in [2.05, 4.69) is 4.98 Å². The van der Waals surface area contributed by atoms with Gasteiger partial charge in [0, 0.05) is 17.3 Å². The van der Waals surface area contributed by atoms with E-state index in [1.807, 2.05) is 27.7 Å². The SMILES string of the molecule is CC1(C)OB(c2cc(CO)ncc2N)OC1(C)C. The molecule has 0 saturated carbocycles. The first-order chi connectivity index (χ1) is 8.27. The Labute approximate surface area is 107 Å². The highest BCUT2D eigenvalue weighted by atomic mass is 16.7. The normalized spacial score (nSPS) is 21.3. The standard InChI is InChI=1S/C12H19BN2O3/c1-11(2)12(3,4)18-13(17-11)9-5-8(7-16)15-6-10(9)14/h5-6,16H,7,14H2,1-4H3. The highest BCUT2D eigenvalue weighted by molar-refractivity contribution is 6.63. The van der Waals surface area contributed by atoms with Crippen molar-refractivity contribution in [2.75, 3.05) is 5.73 Å². The van der Waals surface area contributed by atoms with Crippen molar-refractivity contribution >= 4 is 18.3 Å². The van der Waals surface area contributed by atoms with Gasteiger partial charge in [-0.3, -0.25) is 4.98 Å². The number of nitrogens with two attached hydrogens (primary N) is 1. The van der Waals surface area contributed by atoms with Gasteiger partial charge < -0.3 is 20.1 Å². The van der Waals surface area contributed by atoms with E-state index in [4.69, 9.17) is 20.1 Å². The van der Waals surface area contributed by atoms with Gasteiger partial charge in [-0.15, -0.1) is 0 Å². The molecule has 0 unspecified atom stereocenters. The summed E-state index contributed by atoms with van der Waals surface area (Å²) in [5.74, 6) is 0. The number of nitrogens with zero attached hydrogens (tertiary/aromatic N) is 1. The Kier molecular flexibility index (Phi) is 3.13. The molecule has 1 aromatic rings. The fraction of sp³-hybridized carbons (Fsp3) is 0.583. The van der Waals surface area contributed by atoms with Gasteiger partial charge in [0.25, 0.3) is 0 Å². The second-order valence-corrected chi connectivity index (χ2v) is 5.55. The quantitative estimate of drug-likeness (QED) is 0.745. The van der Waals surface area contributed by atoms with Crippen molar-refractivity contribution in [1.82, 2.24) is 4.98 Å². The third kappa shape index (κ3) is 2.11. The van der Waals surface area contributed by atoms with E-state index in [1.54, 1.807) is 6.07 Å². The van der Waals surface area contributed by atoms with E-state index in [0.29, 0.717) is 16.8 Å². The van der Waals surface area contributed by atoms with Crippen molar-refractivity contribution in [3.63, 3.8) is 0 Å². The zero-order chi connectivity index (χ0) is 13.6. The molecule has 18 heavy (non-hydrogen) atoms. The first-order valence-corrected chi connectivity index (χ1v) is 5.97. The van der Waals surface area contributed by atoms with Crippen LogP contribution in [0, 0.1) is 0 Å². The van der Waals surface area contributed by atoms with Gasteiger partial charge in [0.05, 0.1) is 23.5 Å². The molecule has 3 N–H and O–H groups in total. The fourth-order valence-corrected chi connectivity index (χ4v) is 1.79. The van der Waals surface area contributed by atoms with Crippen molar-refractivity contribution in [3.8, 4) is 0 Å². The Morgan fingerprint density at radius 1 is 1.28 bits per heavy atom. The topological polar surface area (TPSA) is 77.6 Å². The average Bonchev–Trinajstić information content (AvgIpc) is 2.48. The maximum Gasteiger partial charge on any atom is 0.497 e. The van der Waals surface area contributed by atoms with Crippen LogP contribution in [0.2, 0.25) is 0 Å². The van der Waals surface area contributed by atoms with Crippen LogP contribution in [0.15, 0.2) is 12.3 Å². The summed E-state index contributed by atoms with van der Waals surface area (Å²) in [6, 6.07) is 1.72. The lowest BCUT2D eigenvalue weighted by Gasteiger charge is -2.32. The summed E-state index contributed by atoms with van der Waals surface area (Å²) in [4.78, 5) is 4.02. The summed E-state index contributed by atoms with van der Waals surface area (Å²) >= 11 is 0. The summed E-state index contributed by atoms with van der Waals surface area (Å²) < 4.78 is 11.8. The zero-order valence-electron chi connectivity index (χ0n) is 11.2. The largest absolute Gasteiger partial charge is 0.497 e. The highest BCUT2D eigenvalue weighted by Gasteiger charge is 2.52. The van der Waals surface area contributed by atoms with Crippen LogP contribution in [0.3, 0.4) is 0 Å². The molecule has 0 amide bonds. The van der Waals surface area contributed by atoms with Crippen LogP contribution in [0.4, 0.5) is 5.69 Å². The van der Waals surface area contributed by atoms with Gasteiger partial charge in [-0.05, 0) is 33.8 Å². The van der Waals surface area contributed by atoms with Gasteiger partial charge in [-0.1, -0.05) is 0 Å². The molecule has 1 fully saturated rings. The Hall–Kier alpha value is -1.11. The lowest BCUT2D eigenvalue weighted by Crippen LogP contribution is -2.41. The molecule has 0 bridgehead atoms. The van der Waals surface area contributed by atoms with Gasteiger partial charge in [0.1, 0.15) is 0 Å². The number of hydrogen-bond donors (Lipinski definition) is 2. The summed E-state index contributed by atoms with van der Waals surface area (Å²) in [7, 11) is -0.525. The van der Waals surface area contributed by atoms with E-state index in [9.17, 15) is 0 Å². The second-order valence-electron chi connectivity index (χ2n) is 5.55. The summed E-state index contributed by atoms with van der Waals surface area (Å²) in [6.07, 6.45) is 1.52. The van der Waals surface area contributed by atoms with Gasteiger partial charge >= 0.3 is 7.12 Å². The second kappa shape index (κ2) is 4.22. The number of anilines is 1. The first kappa shape index (κ1) is 13.3. The number of aliphatic hydroxyl groups excluding tert-OH is 1. The predicted molar refractivity (Wildman–Crippen MR) is 70.3 cm³/mol. The lowest BCUT2D eigenvalue weighted by molar-refractivity contribution is 0.00578. The van der Waals surface area contributed by atoms with E-state index in [1.165, 1.54) is 6.20 Å². The molecule has 2 heterocycles. The van der Waals surface area contributed by atoms with E-state index in [-0.39, 0.29) is 6.61 Å². The minimum Gasteiger partial charge on any atom is -0.399 e. The van der Waals surface area contributed by atoms with Gasteiger partial charge in [-0.25, -0.2) is 0 Å². The molecule has 0 atom stereocenters. The molecule has 1 aromatic heterocycles. The third-order valence-corrected chi connectivity index (χ3v) is 3.69. The molecule has 0 aliphatic carbocycles. The van der Waals surface area contributed by atoms with Gasteiger partial charge in [0.2, 0.25) is 0 Å². The maximum atomic E-state index is 9.12. The van der Waals surface area contributed by atoms with E-state index >= 15 is 0 Å². The van der Waals surface area contributed by atoms with Crippen molar-refractivity contribution in [2.24, 2.45) is 0 Å². The van der Waals surface area contributed by atoms with Crippen LogP contribution in [-0.2, 0) is 15.9 Å². The van der Waals surface area contributed by atoms with Crippen molar-refractivity contribution in [1.29, 1.82) is 0 Å². The molecule has 6 heteroatoms. The average molecular weight is 250 g/mol. The number of nitrogen functional groups attached to an aromatic ring is 1. The van der Waals surface area contributed by atoms with E-state index < -0.39 is 18.3 Å². The van der Waals surface area contributed by atoms with Crippen LogP contribution in [0.25, 0.3) is 0 Å². The number of hydrogen-bond acceptors (Lipinski definition) is 5. The first-order valence-electron chi connectivity index (χ1n) is 5.97. The fourth-order valence-electron chi connectivity index (χ4n) is 1.79. The predicted octanol–water partition coefficient (Wildman–Crippen LogP) is 0.455. The monoisotopic (exact) mass is 250 g/mol. The van der Waals surface area contributed by atoms with Crippen LogP contribution >= 0.6 is 0 Å². The molecular formula is C12H19BN2O3. The number of pyridine rings is 1. The molecular weight excluding hydrogens is 231 g/mol. The van der Waals surface area contributed by atoms with Crippen molar-refractivity contribution in [3.05, 3.63) is 18.0 Å². The van der Waals surface area contributed by atoms with Gasteiger partial charge in [0.15, 0.2) is 0 Å². The summed E-state index contributed by atoms with van der Waals surface area (Å²) in [5, 5.41) is 9.12. The number of aliphatic hydroxyl groups is 1. The number of aromatic nitrogens is 1. The Morgan fingerprint density at radius 3 is 2.33 bits per heavy atom. The molecule has 1 aliphatic heterocycles. The maximum absolute atomic E-state index is 9.12. The summed E-state index contributed by atoms with van der Waals surface area (Å²) in [6.45, 7) is 7.80. The van der Waals surface area contributed by atoms with Crippen molar-refractivity contribution in [2.45, 2.75) is 45.5 Å². The lowest BCUT2D eigenvalue weighted by atomic mass is 9.78. The molecule has 0 radical (unpaired) electrons. The van der Waals surface area contributed by atoms with Gasteiger partial charge in [-0.2, -0.15) is 0 Å². The molecule has 0 aromatic carbocycles. The Morgan fingerprint density at radius 2 is 1.83 bits per heavy atom. The zero-order valence-corrected chi connectivity index (χ0v) is 11.2. The Bertz CT molecular complexity index is 447. The molecule has 1 aliphatic rings. The minimum absolute atomic E-state index is 0.132. The van der Waals surface area contributed by atoms with Crippen molar-refractivity contribution < 1.29 is 14.4 Å². The van der Waals surface area contributed by atoms with Crippen LogP contribution < -0.4 is 11.2 Å². The number of rotatable bonds is 2. The molecule has 0 spiro atoms. The third-order valence-electron chi connectivity index (χ3n) is 3.69. The van der Waals surface area contributed by atoms with Crippen LogP contribution in [0.1, 0.15) is 33.4 Å². The molecule has 1 saturated heterocycles. The highest BCUT2D eigenvalue weighted by Crippen LogP contribution is 2.36.